The van der Waals surface area contributed by atoms with Crippen LogP contribution >= 0.6 is 0 Å². The number of hydrogen-bond donors (Lipinski definition) is 1. The van der Waals surface area contributed by atoms with E-state index in [1.807, 2.05) is 18.9 Å². The van der Waals surface area contributed by atoms with Crippen molar-refractivity contribution in [1.29, 1.82) is 0 Å². The van der Waals surface area contributed by atoms with E-state index < -0.39 is 17.4 Å². The number of carbonyl (C=O) groups is 1. The normalized spacial score (nSPS) is 19.0. The number of rotatable bonds is 5. The van der Waals surface area contributed by atoms with Gasteiger partial charge in [0.25, 0.3) is 0 Å². The fourth-order valence-electron chi connectivity index (χ4n) is 3.97. The van der Waals surface area contributed by atoms with E-state index in [4.69, 9.17) is 0 Å². The van der Waals surface area contributed by atoms with E-state index in [0.29, 0.717) is 36.1 Å². The molecule has 0 aromatic heterocycles. The van der Waals surface area contributed by atoms with Gasteiger partial charge in [-0.1, -0.05) is 37.3 Å². The van der Waals surface area contributed by atoms with E-state index >= 15 is 0 Å². The lowest BCUT2D eigenvalue weighted by Gasteiger charge is -2.56. The number of carbonyl (C=O) groups excluding carboxylic acids is 1. The highest BCUT2D eigenvalue weighted by Crippen LogP contribution is 2.50. The molecule has 4 nitrogen and oxygen atoms in total. The maximum atomic E-state index is 12.4. The van der Waals surface area contributed by atoms with Crippen molar-refractivity contribution < 1.29 is 27.8 Å². The van der Waals surface area contributed by atoms with Crippen molar-refractivity contribution >= 4 is 6.29 Å². The lowest BCUT2D eigenvalue weighted by Crippen LogP contribution is -2.63. The molecule has 1 heterocycles. The SMILES string of the molecule is CN1CC(C)(C(O)(c2ccc(OC(F)(F)F)cc2)c2cccc(C=O)c2)C1. The van der Waals surface area contributed by atoms with E-state index in [-0.39, 0.29) is 5.75 Å². The molecule has 1 aliphatic heterocycles. The summed E-state index contributed by atoms with van der Waals surface area (Å²) in [6.07, 6.45) is -4.09. The number of benzene rings is 2. The average Bonchev–Trinajstić information content (AvgIpc) is 2.59. The Hall–Kier alpha value is -2.38. The highest BCUT2D eigenvalue weighted by atomic mass is 19.4. The van der Waals surface area contributed by atoms with Crippen LogP contribution in [0.5, 0.6) is 5.75 Å². The number of likely N-dealkylation sites (tertiary alicyclic amines) is 1. The molecule has 1 unspecified atom stereocenters. The van der Waals surface area contributed by atoms with Gasteiger partial charge in [0.2, 0.25) is 0 Å². The Morgan fingerprint density at radius 3 is 2.26 bits per heavy atom. The fraction of sp³-hybridized carbons (Fsp3) is 0.350. The minimum atomic E-state index is -4.78. The van der Waals surface area contributed by atoms with Crippen molar-refractivity contribution in [3.63, 3.8) is 0 Å². The zero-order valence-corrected chi connectivity index (χ0v) is 15.0. The predicted molar refractivity (Wildman–Crippen MR) is 93.6 cm³/mol. The van der Waals surface area contributed by atoms with Crippen molar-refractivity contribution in [1.82, 2.24) is 4.90 Å². The quantitative estimate of drug-likeness (QED) is 0.807. The zero-order valence-electron chi connectivity index (χ0n) is 15.0. The number of hydrogen-bond acceptors (Lipinski definition) is 4. The van der Waals surface area contributed by atoms with Gasteiger partial charge in [-0.2, -0.15) is 0 Å². The standard InChI is InChI=1S/C20H20F3NO3/c1-18(12-24(2)13-18)19(26,16-5-3-4-14(10-16)11-25)15-6-8-17(9-7-15)27-20(21,22)23/h3-11,26H,12-13H2,1-2H3. The lowest BCUT2D eigenvalue weighted by molar-refractivity contribution is -0.274. The fourth-order valence-corrected chi connectivity index (χ4v) is 3.97. The molecule has 0 bridgehead atoms. The number of aliphatic hydroxyl groups is 1. The molecule has 144 valence electrons. The third kappa shape index (κ3) is 3.57. The first-order valence-corrected chi connectivity index (χ1v) is 8.40. The molecular formula is C20H20F3NO3. The van der Waals surface area contributed by atoms with Gasteiger partial charge in [0, 0.05) is 24.1 Å². The van der Waals surface area contributed by atoms with Crippen LogP contribution in [0.4, 0.5) is 13.2 Å². The molecule has 0 spiro atoms. The molecule has 27 heavy (non-hydrogen) atoms. The van der Waals surface area contributed by atoms with Gasteiger partial charge in [-0.15, -0.1) is 13.2 Å². The van der Waals surface area contributed by atoms with Gasteiger partial charge in [-0.05, 0) is 36.4 Å². The van der Waals surface area contributed by atoms with Crippen LogP contribution in [0.2, 0.25) is 0 Å². The first-order valence-electron chi connectivity index (χ1n) is 8.40. The molecule has 7 heteroatoms. The highest BCUT2D eigenvalue weighted by Gasteiger charge is 2.55. The summed E-state index contributed by atoms with van der Waals surface area (Å²) in [5.41, 5.74) is -0.674. The molecule has 1 N–H and O–H groups in total. The highest BCUT2D eigenvalue weighted by molar-refractivity contribution is 5.75. The minimum absolute atomic E-state index is 0.355. The van der Waals surface area contributed by atoms with Gasteiger partial charge in [-0.25, -0.2) is 0 Å². The minimum Gasteiger partial charge on any atom is -0.406 e. The summed E-state index contributed by atoms with van der Waals surface area (Å²) >= 11 is 0. The van der Waals surface area contributed by atoms with E-state index in [1.165, 1.54) is 24.3 Å². The second-order valence-corrected chi connectivity index (χ2v) is 7.26. The van der Waals surface area contributed by atoms with Gasteiger partial charge in [-0.3, -0.25) is 4.79 Å². The number of nitrogens with zero attached hydrogens (tertiary/aromatic N) is 1. The molecule has 0 aliphatic carbocycles. The van der Waals surface area contributed by atoms with Crippen LogP contribution in [0, 0.1) is 5.41 Å². The summed E-state index contributed by atoms with van der Waals surface area (Å²) in [5.74, 6) is -0.355. The Kier molecular flexibility index (Phi) is 4.78. The van der Waals surface area contributed by atoms with Crippen molar-refractivity contribution in [3.05, 3.63) is 65.2 Å². The molecule has 1 atom stereocenters. The number of alkyl halides is 3. The van der Waals surface area contributed by atoms with E-state index in [2.05, 4.69) is 4.74 Å². The van der Waals surface area contributed by atoms with Gasteiger partial charge < -0.3 is 14.7 Å². The van der Waals surface area contributed by atoms with Crippen molar-refractivity contribution in [2.45, 2.75) is 18.9 Å². The number of ether oxygens (including phenoxy) is 1. The van der Waals surface area contributed by atoms with E-state index in [1.54, 1.807) is 24.3 Å². The average molecular weight is 379 g/mol. The van der Waals surface area contributed by atoms with Crippen LogP contribution in [0.3, 0.4) is 0 Å². The van der Waals surface area contributed by atoms with E-state index in [9.17, 15) is 23.1 Å². The maximum Gasteiger partial charge on any atom is 0.573 e. The van der Waals surface area contributed by atoms with Crippen LogP contribution in [0.1, 0.15) is 28.4 Å². The smallest absolute Gasteiger partial charge is 0.406 e. The van der Waals surface area contributed by atoms with Gasteiger partial charge >= 0.3 is 6.36 Å². The second kappa shape index (κ2) is 6.65. The Labute approximate surface area is 155 Å². The molecule has 0 amide bonds. The molecule has 1 saturated heterocycles. The Bertz CT molecular complexity index is 829. The number of aldehydes is 1. The van der Waals surface area contributed by atoms with Crippen LogP contribution in [0.15, 0.2) is 48.5 Å². The molecular weight excluding hydrogens is 359 g/mol. The Morgan fingerprint density at radius 2 is 1.74 bits per heavy atom. The van der Waals surface area contributed by atoms with Crippen LogP contribution in [-0.2, 0) is 5.60 Å². The first kappa shape index (κ1) is 19.4. The van der Waals surface area contributed by atoms with Crippen molar-refractivity contribution in [3.8, 4) is 5.75 Å². The largest absolute Gasteiger partial charge is 0.573 e. The van der Waals surface area contributed by atoms with Gasteiger partial charge in [0.05, 0.1) is 0 Å². The van der Waals surface area contributed by atoms with Gasteiger partial charge in [0.15, 0.2) is 0 Å². The predicted octanol–water partition coefficient (Wildman–Crippen LogP) is 3.59. The number of halogens is 3. The first-order chi connectivity index (χ1) is 12.6. The molecule has 1 fully saturated rings. The van der Waals surface area contributed by atoms with Gasteiger partial charge in [0.1, 0.15) is 17.6 Å². The molecule has 0 saturated carbocycles. The zero-order chi connectivity index (χ0) is 19.9. The van der Waals surface area contributed by atoms with Crippen molar-refractivity contribution in [2.75, 3.05) is 20.1 Å². The molecule has 1 aliphatic rings. The van der Waals surface area contributed by atoms with Crippen LogP contribution in [-0.4, -0.2) is 42.8 Å². The third-order valence-corrected chi connectivity index (χ3v) is 5.06. The maximum absolute atomic E-state index is 12.4. The molecule has 3 rings (SSSR count). The lowest BCUT2D eigenvalue weighted by atomic mass is 9.62. The summed E-state index contributed by atoms with van der Waals surface area (Å²) in [6, 6.07) is 11.9. The second-order valence-electron chi connectivity index (χ2n) is 7.26. The topological polar surface area (TPSA) is 49.8 Å². The van der Waals surface area contributed by atoms with Crippen LogP contribution in [0.25, 0.3) is 0 Å². The van der Waals surface area contributed by atoms with E-state index in [0.717, 1.165) is 0 Å². The Balaban J connectivity index is 2.06. The summed E-state index contributed by atoms with van der Waals surface area (Å²) in [7, 11) is 1.92. The monoisotopic (exact) mass is 379 g/mol. The third-order valence-electron chi connectivity index (χ3n) is 5.06. The molecule has 2 aromatic carbocycles. The summed E-state index contributed by atoms with van der Waals surface area (Å²) < 4.78 is 41.1. The Morgan fingerprint density at radius 1 is 1.11 bits per heavy atom. The summed E-state index contributed by atoms with van der Waals surface area (Å²) in [6.45, 7) is 3.10. The molecule has 2 aromatic rings. The summed E-state index contributed by atoms with van der Waals surface area (Å²) in [5, 5.41) is 11.8. The summed E-state index contributed by atoms with van der Waals surface area (Å²) in [4.78, 5) is 13.2. The van der Waals surface area contributed by atoms with Crippen molar-refractivity contribution in [2.24, 2.45) is 5.41 Å². The van der Waals surface area contributed by atoms with Crippen LogP contribution < -0.4 is 4.74 Å². The molecule has 0 radical (unpaired) electrons.